The summed E-state index contributed by atoms with van der Waals surface area (Å²) < 4.78 is 5.48. The Labute approximate surface area is 149 Å². The number of piperazine rings is 1. The van der Waals surface area contributed by atoms with Crippen molar-refractivity contribution in [2.24, 2.45) is 0 Å². The third-order valence-electron chi connectivity index (χ3n) is 4.73. The Morgan fingerprint density at radius 2 is 1.92 bits per heavy atom. The van der Waals surface area contributed by atoms with Gasteiger partial charge in [-0.1, -0.05) is 12.1 Å². The molecule has 0 bridgehead atoms. The Hall–Kier alpha value is -2.56. The maximum Gasteiger partial charge on any atom is 0.227 e. The van der Waals surface area contributed by atoms with E-state index in [2.05, 4.69) is 16.0 Å². The average molecular weight is 339 g/mol. The van der Waals surface area contributed by atoms with Gasteiger partial charge in [0.1, 0.15) is 11.6 Å². The number of anilines is 1. The van der Waals surface area contributed by atoms with Crippen molar-refractivity contribution in [2.45, 2.75) is 20.3 Å². The normalized spacial score (nSPS) is 14.5. The van der Waals surface area contributed by atoms with Gasteiger partial charge in [0.05, 0.1) is 13.5 Å². The van der Waals surface area contributed by atoms with E-state index in [1.54, 1.807) is 13.3 Å². The highest BCUT2D eigenvalue weighted by Crippen LogP contribution is 2.25. The fourth-order valence-electron chi connectivity index (χ4n) is 3.36. The zero-order valence-corrected chi connectivity index (χ0v) is 15.2. The van der Waals surface area contributed by atoms with Crippen LogP contribution in [0.5, 0.6) is 5.75 Å². The maximum absolute atomic E-state index is 12.8. The van der Waals surface area contributed by atoms with Gasteiger partial charge in [0.15, 0.2) is 0 Å². The van der Waals surface area contributed by atoms with Crippen molar-refractivity contribution in [2.75, 3.05) is 38.2 Å². The molecule has 1 aliphatic rings. The van der Waals surface area contributed by atoms with E-state index in [4.69, 9.17) is 4.74 Å². The lowest BCUT2D eigenvalue weighted by Gasteiger charge is -2.35. The molecule has 2 aromatic rings. The monoisotopic (exact) mass is 339 g/mol. The average Bonchev–Trinajstić information content (AvgIpc) is 2.64. The molecular weight excluding hydrogens is 314 g/mol. The summed E-state index contributed by atoms with van der Waals surface area (Å²) in [5.41, 5.74) is 3.25. The Morgan fingerprint density at radius 1 is 1.16 bits per heavy atom. The van der Waals surface area contributed by atoms with Crippen molar-refractivity contribution in [3.8, 4) is 5.75 Å². The van der Waals surface area contributed by atoms with Gasteiger partial charge in [-0.25, -0.2) is 4.98 Å². The number of methoxy groups -OCH3 is 1. The second-order valence-corrected chi connectivity index (χ2v) is 6.50. The Bertz CT molecular complexity index is 738. The number of rotatable bonds is 4. The number of pyridine rings is 1. The summed E-state index contributed by atoms with van der Waals surface area (Å²) in [6.07, 6.45) is 2.19. The third-order valence-corrected chi connectivity index (χ3v) is 4.73. The molecule has 0 saturated carbocycles. The van der Waals surface area contributed by atoms with Crippen molar-refractivity contribution in [3.05, 3.63) is 53.2 Å². The number of ether oxygens (including phenoxy) is 1. The predicted octanol–water partition coefficient (Wildman–Crippen LogP) is 2.60. The molecule has 5 nitrogen and oxygen atoms in total. The van der Waals surface area contributed by atoms with E-state index in [1.807, 2.05) is 43.0 Å². The van der Waals surface area contributed by atoms with E-state index < -0.39 is 0 Å². The van der Waals surface area contributed by atoms with Crippen LogP contribution in [0.4, 0.5) is 5.82 Å². The number of carbonyl (C=O) groups is 1. The summed E-state index contributed by atoms with van der Waals surface area (Å²) in [4.78, 5) is 21.3. The van der Waals surface area contributed by atoms with Gasteiger partial charge < -0.3 is 14.5 Å². The van der Waals surface area contributed by atoms with E-state index in [9.17, 15) is 4.79 Å². The molecule has 0 radical (unpaired) electrons. The number of nitrogens with zero attached hydrogens (tertiary/aromatic N) is 3. The van der Waals surface area contributed by atoms with Gasteiger partial charge in [-0.2, -0.15) is 0 Å². The van der Waals surface area contributed by atoms with Crippen LogP contribution in [0.3, 0.4) is 0 Å². The molecule has 132 valence electrons. The molecule has 2 heterocycles. The highest BCUT2D eigenvalue weighted by atomic mass is 16.5. The standard InChI is InChI=1S/C20H25N3O2/c1-15-12-16(2)17(18(13-15)25-3)14-20(24)23-10-8-22(9-11-23)19-6-4-5-7-21-19/h4-7,12-13H,8-11,14H2,1-3H3. The molecule has 1 saturated heterocycles. The second-order valence-electron chi connectivity index (χ2n) is 6.50. The van der Waals surface area contributed by atoms with Crippen LogP contribution in [-0.4, -0.2) is 49.1 Å². The minimum absolute atomic E-state index is 0.158. The van der Waals surface area contributed by atoms with Gasteiger partial charge in [0.25, 0.3) is 0 Å². The number of amides is 1. The molecule has 0 spiro atoms. The van der Waals surface area contributed by atoms with E-state index in [-0.39, 0.29) is 5.91 Å². The van der Waals surface area contributed by atoms with Crippen LogP contribution in [-0.2, 0) is 11.2 Å². The smallest absolute Gasteiger partial charge is 0.227 e. The molecule has 1 aromatic heterocycles. The molecule has 0 aliphatic carbocycles. The molecule has 0 atom stereocenters. The Kier molecular flexibility index (Phi) is 5.22. The first kappa shape index (κ1) is 17.3. The lowest BCUT2D eigenvalue weighted by molar-refractivity contribution is -0.130. The van der Waals surface area contributed by atoms with E-state index in [0.717, 1.165) is 54.4 Å². The van der Waals surface area contributed by atoms with Crippen molar-refractivity contribution in [1.29, 1.82) is 0 Å². The van der Waals surface area contributed by atoms with Gasteiger partial charge in [0.2, 0.25) is 5.91 Å². The maximum atomic E-state index is 12.8. The van der Waals surface area contributed by atoms with Crippen LogP contribution in [0.25, 0.3) is 0 Å². The molecule has 1 aromatic carbocycles. The summed E-state index contributed by atoms with van der Waals surface area (Å²) in [7, 11) is 1.66. The molecule has 25 heavy (non-hydrogen) atoms. The summed E-state index contributed by atoms with van der Waals surface area (Å²) in [5.74, 6) is 1.94. The number of hydrogen-bond donors (Lipinski definition) is 0. The summed E-state index contributed by atoms with van der Waals surface area (Å²) in [5, 5.41) is 0. The number of hydrogen-bond acceptors (Lipinski definition) is 4. The first-order chi connectivity index (χ1) is 12.1. The Balaban J connectivity index is 1.64. The Morgan fingerprint density at radius 3 is 2.56 bits per heavy atom. The zero-order chi connectivity index (χ0) is 17.8. The molecule has 0 unspecified atom stereocenters. The largest absolute Gasteiger partial charge is 0.496 e. The molecule has 1 amide bonds. The summed E-state index contributed by atoms with van der Waals surface area (Å²) >= 11 is 0. The quantitative estimate of drug-likeness (QED) is 0.859. The minimum atomic E-state index is 0.158. The first-order valence-corrected chi connectivity index (χ1v) is 8.66. The lowest BCUT2D eigenvalue weighted by atomic mass is 10.0. The van der Waals surface area contributed by atoms with Crippen molar-refractivity contribution >= 4 is 11.7 Å². The van der Waals surface area contributed by atoms with Crippen LogP contribution in [0, 0.1) is 13.8 Å². The van der Waals surface area contributed by atoms with Crippen molar-refractivity contribution in [1.82, 2.24) is 9.88 Å². The van der Waals surface area contributed by atoms with Crippen LogP contribution in [0.2, 0.25) is 0 Å². The van der Waals surface area contributed by atoms with Gasteiger partial charge in [-0.3, -0.25) is 4.79 Å². The molecule has 0 N–H and O–H groups in total. The van der Waals surface area contributed by atoms with E-state index in [1.165, 1.54) is 0 Å². The molecule has 1 aliphatic heterocycles. The van der Waals surface area contributed by atoms with Crippen molar-refractivity contribution < 1.29 is 9.53 Å². The SMILES string of the molecule is COc1cc(C)cc(C)c1CC(=O)N1CCN(c2ccccn2)CC1. The third kappa shape index (κ3) is 3.92. The predicted molar refractivity (Wildman–Crippen MR) is 99.2 cm³/mol. The lowest BCUT2D eigenvalue weighted by Crippen LogP contribution is -2.49. The van der Waals surface area contributed by atoms with Crippen LogP contribution in [0.1, 0.15) is 16.7 Å². The summed E-state index contributed by atoms with van der Waals surface area (Å²) in [6.45, 7) is 7.15. The second kappa shape index (κ2) is 7.55. The summed E-state index contributed by atoms with van der Waals surface area (Å²) in [6, 6.07) is 10.0. The first-order valence-electron chi connectivity index (χ1n) is 8.66. The highest BCUT2D eigenvalue weighted by Gasteiger charge is 2.23. The fraction of sp³-hybridized carbons (Fsp3) is 0.400. The van der Waals surface area contributed by atoms with Crippen LogP contribution in [0.15, 0.2) is 36.5 Å². The van der Waals surface area contributed by atoms with E-state index in [0.29, 0.717) is 6.42 Å². The van der Waals surface area contributed by atoms with Crippen molar-refractivity contribution in [3.63, 3.8) is 0 Å². The minimum Gasteiger partial charge on any atom is -0.496 e. The van der Waals surface area contributed by atoms with E-state index >= 15 is 0 Å². The topological polar surface area (TPSA) is 45.7 Å². The van der Waals surface area contributed by atoms with Gasteiger partial charge >= 0.3 is 0 Å². The molecule has 1 fully saturated rings. The van der Waals surface area contributed by atoms with Crippen LogP contribution < -0.4 is 9.64 Å². The van der Waals surface area contributed by atoms with Crippen LogP contribution >= 0.6 is 0 Å². The number of aryl methyl sites for hydroxylation is 2. The molecule has 3 rings (SSSR count). The van der Waals surface area contributed by atoms with Gasteiger partial charge in [0, 0.05) is 37.9 Å². The molecular formula is C20H25N3O2. The molecule has 5 heteroatoms. The number of carbonyl (C=O) groups excluding carboxylic acids is 1. The van der Waals surface area contributed by atoms with Gasteiger partial charge in [-0.15, -0.1) is 0 Å². The van der Waals surface area contributed by atoms with Gasteiger partial charge in [-0.05, 0) is 43.2 Å². The zero-order valence-electron chi connectivity index (χ0n) is 15.2. The number of aromatic nitrogens is 1. The fourth-order valence-corrected chi connectivity index (χ4v) is 3.36. The number of benzene rings is 1. The highest BCUT2D eigenvalue weighted by molar-refractivity contribution is 5.80.